The molecule has 6 heteroatoms. The number of benzene rings is 1. The van der Waals surface area contributed by atoms with Crippen molar-refractivity contribution in [2.75, 3.05) is 0 Å². The highest BCUT2D eigenvalue weighted by molar-refractivity contribution is 7.21. The second kappa shape index (κ2) is 5.87. The van der Waals surface area contributed by atoms with Crippen LogP contribution in [0, 0.1) is 0 Å². The maximum atomic E-state index is 12.3. The summed E-state index contributed by atoms with van der Waals surface area (Å²) in [6.45, 7) is 3.24. The molecule has 21 heavy (non-hydrogen) atoms. The van der Waals surface area contributed by atoms with Crippen molar-refractivity contribution in [1.29, 1.82) is 0 Å². The second-order valence-corrected chi connectivity index (χ2v) is 5.99. The van der Waals surface area contributed by atoms with Crippen molar-refractivity contribution in [1.82, 2.24) is 15.1 Å². The molecule has 0 atom stereocenters. The number of rotatable bonds is 4. The summed E-state index contributed by atoms with van der Waals surface area (Å²) in [5, 5.41) is 8.53. The van der Waals surface area contributed by atoms with Gasteiger partial charge in [0.2, 0.25) is 0 Å². The van der Waals surface area contributed by atoms with Gasteiger partial charge in [0, 0.05) is 22.8 Å². The molecule has 0 aliphatic heterocycles. The Bertz CT molecular complexity index is 793. The summed E-state index contributed by atoms with van der Waals surface area (Å²) in [7, 11) is 0. The first-order valence-corrected chi connectivity index (χ1v) is 7.86. The molecule has 3 rings (SSSR count). The van der Waals surface area contributed by atoms with E-state index in [0.717, 1.165) is 22.3 Å². The van der Waals surface area contributed by atoms with Crippen LogP contribution in [0.1, 0.15) is 22.3 Å². The van der Waals surface area contributed by atoms with E-state index < -0.39 is 0 Å². The number of carbonyl (C=O) groups is 1. The van der Waals surface area contributed by atoms with E-state index in [9.17, 15) is 4.79 Å². The fourth-order valence-electron chi connectivity index (χ4n) is 2.21. The van der Waals surface area contributed by atoms with Crippen molar-refractivity contribution in [3.05, 3.63) is 52.1 Å². The summed E-state index contributed by atoms with van der Waals surface area (Å²) in [5.41, 5.74) is 0.975. The smallest absolute Gasteiger partial charge is 0.263 e. The first-order valence-electron chi connectivity index (χ1n) is 6.66. The van der Waals surface area contributed by atoms with E-state index in [1.165, 1.54) is 11.3 Å². The van der Waals surface area contributed by atoms with E-state index in [4.69, 9.17) is 11.6 Å². The number of thiophene rings is 1. The van der Waals surface area contributed by atoms with E-state index in [2.05, 4.69) is 10.4 Å². The Balaban J connectivity index is 1.80. The molecular weight excluding hydrogens is 306 g/mol. The normalized spacial score (nSPS) is 11.0. The average molecular weight is 320 g/mol. The predicted molar refractivity (Wildman–Crippen MR) is 85.9 cm³/mol. The molecule has 0 aliphatic rings. The fourth-order valence-corrected chi connectivity index (χ4v) is 3.64. The van der Waals surface area contributed by atoms with Crippen LogP contribution in [-0.4, -0.2) is 15.7 Å². The van der Waals surface area contributed by atoms with Crippen LogP contribution in [0.3, 0.4) is 0 Å². The summed E-state index contributed by atoms with van der Waals surface area (Å²) in [6, 6.07) is 9.65. The largest absolute Gasteiger partial charge is 0.346 e. The summed E-state index contributed by atoms with van der Waals surface area (Å²) < 4.78 is 2.87. The quantitative estimate of drug-likeness (QED) is 0.797. The minimum atomic E-state index is -0.148. The third kappa shape index (κ3) is 2.66. The Morgan fingerprint density at radius 3 is 2.95 bits per heavy atom. The first kappa shape index (κ1) is 14.1. The van der Waals surface area contributed by atoms with Crippen molar-refractivity contribution in [3.63, 3.8) is 0 Å². The molecule has 2 aromatic heterocycles. The lowest BCUT2D eigenvalue weighted by molar-refractivity contribution is 0.0954. The van der Waals surface area contributed by atoms with Crippen LogP contribution < -0.4 is 5.32 Å². The molecule has 0 aliphatic carbocycles. The molecule has 0 fully saturated rings. The standard InChI is InChI=1S/C15H14ClN3OS/c1-2-19-10(7-8-18-19)9-17-15(20)14-13(16)11-5-3-4-6-12(11)21-14/h3-8H,2,9H2,1H3,(H,17,20). The van der Waals surface area contributed by atoms with Crippen LogP contribution in [0.15, 0.2) is 36.5 Å². The van der Waals surface area contributed by atoms with Crippen molar-refractivity contribution < 1.29 is 4.79 Å². The van der Waals surface area contributed by atoms with Crippen LogP contribution in [0.25, 0.3) is 10.1 Å². The van der Waals surface area contributed by atoms with Crippen molar-refractivity contribution in [2.45, 2.75) is 20.0 Å². The van der Waals surface area contributed by atoms with Gasteiger partial charge in [-0.1, -0.05) is 29.8 Å². The van der Waals surface area contributed by atoms with Crippen LogP contribution in [0.4, 0.5) is 0 Å². The number of halogens is 1. The van der Waals surface area contributed by atoms with Gasteiger partial charge in [-0.25, -0.2) is 0 Å². The highest BCUT2D eigenvalue weighted by atomic mass is 35.5. The van der Waals surface area contributed by atoms with Gasteiger partial charge in [-0.2, -0.15) is 5.10 Å². The van der Waals surface area contributed by atoms with Crippen LogP contribution in [-0.2, 0) is 13.1 Å². The molecule has 0 bridgehead atoms. The molecule has 0 radical (unpaired) electrons. The molecule has 3 aromatic rings. The van der Waals surface area contributed by atoms with Crippen molar-refractivity contribution >= 4 is 38.9 Å². The number of fused-ring (bicyclic) bond motifs is 1. The maximum Gasteiger partial charge on any atom is 0.263 e. The third-order valence-electron chi connectivity index (χ3n) is 3.28. The zero-order chi connectivity index (χ0) is 14.8. The number of nitrogens with one attached hydrogen (secondary N) is 1. The Labute approximate surface area is 131 Å². The number of aryl methyl sites for hydroxylation is 1. The Morgan fingerprint density at radius 2 is 2.19 bits per heavy atom. The molecule has 1 N–H and O–H groups in total. The molecule has 0 saturated carbocycles. The van der Waals surface area contributed by atoms with Gasteiger partial charge in [0.05, 0.1) is 17.3 Å². The van der Waals surface area contributed by atoms with E-state index in [0.29, 0.717) is 16.4 Å². The Hall–Kier alpha value is -1.85. The van der Waals surface area contributed by atoms with Crippen LogP contribution >= 0.6 is 22.9 Å². The van der Waals surface area contributed by atoms with Gasteiger partial charge >= 0.3 is 0 Å². The van der Waals surface area contributed by atoms with E-state index >= 15 is 0 Å². The lowest BCUT2D eigenvalue weighted by Gasteiger charge is -2.06. The monoisotopic (exact) mass is 319 g/mol. The van der Waals surface area contributed by atoms with Crippen molar-refractivity contribution in [3.8, 4) is 0 Å². The minimum absolute atomic E-state index is 0.148. The van der Waals surface area contributed by atoms with E-state index in [1.807, 2.05) is 41.9 Å². The van der Waals surface area contributed by atoms with Crippen molar-refractivity contribution in [2.24, 2.45) is 0 Å². The number of hydrogen-bond acceptors (Lipinski definition) is 3. The Morgan fingerprint density at radius 1 is 1.38 bits per heavy atom. The minimum Gasteiger partial charge on any atom is -0.346 e. The zero-order valence-corrected chi connectivity index (χ0v) is 13.0. The van der Waals surface area contributed by atoms with Gasteiger partial charge in [0.15, 0.2) is 0 Å². The van der Waals surface area contributed by atoms with Gasteiger partial charge < -0.3 is 5.32 Å². The summed E-state index contributed by atoms with van der Waals surface area (Å²) in [4.78, 5) is 12.9. The van der Waals surface area contributed by atoms with Gasteiger partial charge in [-0.3, -0.25) is 9.48 Å². The van der Waals surface area contributed by atoms with E-state index in [1.54, 1.807) is 6.20 Å². The molecule has 0 saturated heterocycles. The molecule has 108 valence electrons. The van der Waals surface area contributed by atoms with Crippen LogP contribution in [0.2, 0.25) is 5.02 Å². The number of carbonyl (C=O) groups excluding carboxylic acids is 1. The second-order valence-electron chi connectivity index (χ2n) is 4.56. The molecule has 0 unspecified atom stereocenters. The average Bonchev–Trinajstić information content (AvgIpc) is 3.09. The van der Waals surface area contributed by atoms with Crippen LogP contribution in [0.5, 0.6) is 0 Å². The Kier molecular flexibility index (Phi) is 3.94. The van der Waals surface area contributed by atoms with E-state index in [-0.39, 0.29) is 5.91 Å². The number of hydrogen-bond donors (Lipinski definition) is 1. The SMILES string of the molecule is CCn1nccc1CNC(=O)c1sc2ccccc2c1Cl. The number of aromatic nitrogens is 2. The summed E-state index contributed by atoms with van der Waals surface area (Å²) in [5.74, 6) is -0.148. The highest BCUT2D eigenvalue weighted by Gasteiger charge is 2.16. The highest BCUT2D eigenvalue weighted by Crippen LogP contribution is 2.34. The van der Waals surface area contributed by atoms with Gasteiger partial charge in [-0.15, -0.1) is 11.3 Å². The summed E-state index contributed by atoms with van der Waals surface area (Å²) >= 11 is 7.72. The molecule has 1 aromatic carbocycles. The van der Waals surface area contributed by atoms with Gasteiger partial charge in [-0.05, 0) is 19.1 Å². The molecule has 1 amide bonds. The maximum absolute atomic E-state index is 12.3. The first-order chi connectivity index (χ1) is 10.2. The topological polar surface area (TPSA) is 46.9 Å². The zero-order valence-electron chi connectivity index (χ0n) is 11.5. The molecule has 4 nitrogen and oxygen atoms in total. The number of amides is 1. The third-order valence-corrected chi connectivity index (χ3v) is 4.95. The fraction of sp³-hybridized carbons (Fsp3) is 0.200. The molecule has 2 heterocycles. The lowest BCUT2D eigenvalue weighted by atomic mass is 10.2. The lowest BCUT2D eigenvalue weighted by Crippen LogP contribution is -2.23. The van der Waals surface area contributed by atoms with Gasteiger partial charge in [0.25, 0.3) is 5.91 Å². The van der Waals surface area contributed by atoms with Gasteiger partial charge in [0.1, 0.15) is 4.88 Å². The number of nitrogens with zero attached hydrogens (tertiary/aromatic N) is 2. The summed E-state index contributed by atoms with van der Waals surface area (Å²) in [6.07, 6.45) is 1.73. The predicted octanol–water partition coefficient (Wildman–Crippen LogP) is 3.70. The molecular formula is C15H14ClN3OS. The molecule has 0 spiro atoms.